The second kappa shape index (κ2) is 4.63. The van der Waals surface area contributed by atoms with Gasteiger partial charge in [-0.25, -0.2) is 0 Å². The molecule has 0 bridgehead atoms. The van der Waals surface area contributed by atoms with Crippen molar-refractivity contribution in [3.63, 3.8) is 0 Å². The van der Waals surface area contributed by atoms with Crippen LogP contribution in [0.25, 0.3) is 0 Å². The van der Waals surface area contributed by atoms with Gasteiger partial charge in [0.25, 0.3) is 5.91 Å². The van der Waals surface area contributed by atoms with Crippen LogP contribution in [0, 0.1) is 0 Å². The maximum Gasteiger partial charge on any atom is 0.252 e. The van der Waals surface area contributed by atoms with E-state index in [4.69, 9.17) is 11.6 Å². The van der Waals surface area contributed by atoms with Crippen molar-refractivity contribution in [2.75, 3.05) is 6.54 Å². The summed E-state index contributed by atoms with van der Waals surface area (Å²) >= 11 is 9.01. The van der Waals surface area contributed by atoms with Crippen LogP contribution in [-0.4, -0.2) is 12.5 Å². The average Bonchev–Trinajstić information content (AvgIpc) is 2.04. The first-order valence-electron chi connectivity index (χ1n) is 3.88. The Hall–Kier alpha value is -0.540. The minimum absolute atomic E-state index is 0.0916. The quantitative estimate of drug-likeness (QED) is 0.872. The van der Waals surface area contributed by atoms with E-state index in [1.165, 1.54) is 0 Å². The molecule has 0 spiro atoms. The fourth-order valence-corrected chi connectivity index (χ4v) is 1.79. The van der Waals surface area contributed by atoms with E-state index in [-0.39, 0.29) is 5.91 Å². The normalized spacial score (nSPS) is 9.77. The summed E-state index contributed by atoms with van der Waals surface area (Å²) in [7, 11) is 0. The molecule has 2 nitrogen and oxygen atoms in total. The zero-order valence-electron chi connectivity index (χ0n) is 7.10. The molecule has 0 unspecified atom stereocenters. The zero-order valence-corrected chi connectivity index (χ0v) is 9.45. The van der Waals surface area contributed by atoms with Gasteiger partial charge in [-0.3, -0.25) is 4.79 Å². The SMILES string of the molecule is CCNC(=O)c1ccc(Cl)cc1Br. The van der Waals surface area contributed by atoms with E-state index in [1.54, 1.807) is 18.2 Å². The highest BCUT2D eigenvalue weighted by Crippen LogP contribution is 2.21. The van der Waals surface area contributed by atoms with Crippen LogP contribution in [0.15, 0.2) is 22.7 Å². The van der Waals surface area contributed by atoms with E-state index in [0.717, 1.165) is 0 Å². The lowest BCUT2D eigenvalue weighted by atomic mass is 10.2. The standard InChI is InChI=1S/C9H9BrClNO/c1-2-12-9(13)7-4-3-6(11)5-8(7)10/h3-5H,2H2,1H3,(H,12,13). The second-order valence-electron chi connectivity index (χ2n) is 2.48. The van der Waals surface area contributed by atoms with Gasteiger partial charge in [0.2, 0.25) is 0 Å². The van der Waals surface area contributed by atoms with Gasteiger partial charge < -0.3 is 5.32 Å². The van der Waals surface area contributed by atoms with Crippen LogP contribution in [-0.2, 0) is 0 Å². The molecule has 0 aliphatic heterocycles. The highest BCUT2D eigenvalue weighted by Gasteiger charge is 2.08. The molecule has 0 radical (unpaired) electrons. The smallest absolute Gasteiger partial charge is 0.252 e. The fraction of sp³-hybridized carbons (Fsp3) is 0.222. The van der Waals surface area contributed by atoms with Crippen LogP contribution in [0.1, 0.15) is 17.3 Å². The van der Waals surface area contributed by atoms with Crippen LogP contribution in [0.5, 0.6) is 0 Å². The number of carbonyl (C=O) groups excluding carboxylic acids is 1. The minimum atomic E-state index is -0.0916. The molecule has 1 aromatic carbocycles. The van der Waals surface area contributed by atoms with Crippen LogP contribution in [0.4, 0.5) is 0 Å². The number of halogens is 2. The summed E-state index contributed by atoms with van der Waals surface area (Å²) in [6, 6.07) is 5.08. The molecule has 0 fully saturated rings. The lowest BCUT2D eigenvalue weighted by molar-refractivity contribution is 0.0955. The monoisotopic (exact) mass is 261 g/mol. The van der Waals surface area contributed by atoms with Crippen molar-refractivity contribution in [3.05, 3.63) is 33.3 Å². The van der Waals surface area contributed by atoms with Crippen molar-refractivity contribution < 1.29 is 4.79 Å². The molecular formula is C9H9BrClNO. The molecule has 0 atom stereocenters. The Morgan fingerprint density at radius 1 is 1.62 bits per heavy atom. The molecule has 1 N–H and O–H groups in total. The topological polar surface area (TPSA) is 29.1 Å². The molecule has 0 aliphatic carbocycles. The number of hydrogen-bond acceptors (Lipinski definition) is 1. The number of benzene rings is 1. The van der Waals surface area contributed by atoms with Crippen molar-refractivity contribution in [3.8, 4) is 0 Å². The average molecular weight is 263 g/mol. The summed E-state index contributed by atoms with van der Waals surface area (Å²) in [6.45, 7) is 2.50. The van der Waals surface area contributed by atoms with Crippen LogP contribution in [0.3, 0.4) is 0 Å². The molecule has 0 heterocycles. The number of rotatable bonds is 2. The summed E-state index contributed by atoms with van der Waals surface area (Å²) in [5.74, 6) is -0.0916. The first-order chi connectivity index (χ1) is 6.15. The van der Waals surface area contributed by atoms with Crippen LogP contribution in [0.2, 0.25) is 5.02 Å². The summed E-state index contributed by atoms with van der Waals surface area (Å²) < 4.78 is 0.714. The third-order valence-electron chi connectivity index (χ3n) is 1.51. The van der Waals surface area contributed by atoms with Crippen LogP contribution < -0.4 is 5.32 Å². The Balaban J connectivity index is 2.95. The van der Waals surface area contributed by atoms with Crippen molar-refractivity contribution >= 4 is 33.4 Å². The van der Waals surface area contributed by atoms with Crippen LogP contribution >= 0.6 is 27.5 Å². The molecule has 1 amide bonds. The molecule has 0 aromatic heterocycles. The summed E-state index contributed by atoms with van der Waals surface area (Å²) in [4.78, 5) is 11.4. The Morgan fingerprint density at radius 3 is 2.85 bits per heavy atom. The third kappa shape index (κ3) is 2.71. The maximum absolute atomic E-state index is 11.4. The fourth-order valence-electron chi connectivity index (χ4n) is 0.929. The number of carbonyl (C=O) groups is 1. The summed E-state index contributed by atoms with van der Waals surface area (Å²) in [6.07, 6.45) is 0. The zero-order chi connectivity index (χ0) is 9.84. The van der Waals surface area contributed by atoms with E-state index in [0.29, 0.717) is 21.6 Å². The first-order valence-corrected chi connectivity index (χ1v) is 5.05. The molecule has 4 heteroatoms. The van der Waals surface area contributed by atoms with Gasteiger partial charge in [-0.15, -0.1) is 0 Å². The highest BCUT2D eigenvalue weighted by molar-refractivity contribution is 9.10. The van der Waals surface area contributed by atoms with Gasteiger partial charge in [-0.1, -0.05) is 11.6 Å². The molecule has 1 aromatic rings. The van der Waals surface area contributed by atoms with E-state index in [2.05, 4.69) is 21.2 Å². The Labute approximate surface area is 90.4 Å². The van der Waals surface area contributed by atoms with Crippen molar-refractivity contribution in [1.29, 1.82) is 0 Å². The summed E-state index contributed by atoms with van der Waals surface area (Å²) in [5.41, 5.74) is 0.603. The van der Waals surface area contributed by atoms with Gasteiger partial charge in [0.05, 0.1) is 5.56 Å². The Morgan fingerprint density at radius 2 is 2.31 bits per heavy atom. The van der Waals surface area contributed by atoms with Gasteiger partial charge in [-0.05, 0) is 41.1 Å². The van der Waals surface area contributed by atoms with E-state index in [1.807, 2.05) is 6.92 Å². The number of amides is 1. The maximum atomic E-state index is 11.4. The predicted molar refractivity (Wildman–Crippen MR) is 57.2 cm³/mol. The molecular weight excluding hydrogens is 253 g/mol. The van der Waals surface area contributed by atoms with Gasteiger partial charge in [0, 0.05) is 16.0 Å². The van der Waals surface area contributed by atoms with Crippen molar-refractivity contribution in [2.45, 2.75) is 6.92 Å². The second-order valence-corrected chi connectivity index (χ2v) is 3.77. The molecule has 0 saturated heterocycles. The van der Waals surface area contributed by atoms with E-state index < -0.39 is 0 Å². The third-order valence-corrected chi connectivity index (χ3v) is 2.40. The largest absolute Gasteiger partial charge is 0.352 e. The van der Waals surface area contributed by atoms with Gasteiger partial charge in [0.15, 0.2) is 0 Å². The highest BCUT2D eigenvalue weighted by atomic mass is 79.9. The Kier molecular flexibility index (Phi) is 3.75. The molecule has 70 valence electrons. The van der Waals surface area contributed by atoms with E-state index in [9.17, 15) is 4.79 Å². The van der Waals surface area contributed by atoms with Crippen molar-refractivity contribution in [1.82, 2.24) is 5.32 Å². The predicted octanol–water partition coefficient (Wildman–Crippen LogP) is 2.85. The molecule has 0 aliphatic rings. The van der Waals surface area contributed by atoms with E-state index >= 15 is 0 Å². The molecule has 1 rings (SSSR count). The number of hydrogen-bond donors (Lipinski definition) is 1. The summed E-state index contributed by atoms with van der Waals surface area (Å²) in [5, 5.41) is 3.32. The lowest BCUT2D eigenvalue weighted by Crippen LogP contribution is -2.22. The van der Waals surface area contributed by atoms with Gasteiger partial charge in [-0.2, -0.15) is 0 Å². The van der Waals surface area contributed by atoms with Gasteiger partial charge >= 0.3 is 0 Å². The molecule has 13 heavy (non-hydrogen) atoms. The lowest BCUT2D eigenvalue weighted by Gasteiger charge is -2.04. The number of nitrogens with one attached hydrogen (secondary N) is 1. The minimum Gasteiger partial charge on any atom is -0.352 e. The molecule has 0 saturated carbocycles. The first kappa shape index (κ1) is 10.5. The van der Waals surface area contributed by atoms with Crippen molar-refractivity contribution in [2.24, 2.45) is 0 Å². The van der Waals surface area contributed by atoms with Gasteiger partial charge in [0.1, 0.15) is 0 Å². The Bertz CT molecular complexity index is 327.